The molecule has 0 aliphatic carbocycles. The zero-order valence-corrected chi connectivity index (χ0v) is 14.7. The minimum absolute atomic E-state index is 0.0356. The first-order valence-electron chi connectivity index (χ1n) is 8.48. The van der Waals surface area contributed by atoms with Gasteiger partial charge >= 0.3 is 0 Å². The Hall–Kier alpha value is -2.56. The molecule has 2 aromatic carbocycles. The number of anilines is 1. The van der Waals surface area contributed by atoms with Gasteiger partial charge in [0.2, 0.25) is 5.91 Å². The van der Waals surface area contributed by atoms with E-state index in [2.05, 4.69) is 36.1 Å². The molecule has 0 aromatic heterocycles. The number of carbonyl (C=O) groups excluding carboxylic acids is 1. The highest BCUT2D eigenvalue weighted by Gasteiger charge is 2.21. The van der Waals surface area contributed by atoms with Crippen LogP contribution in [-0.2, 0) is 11.2 Å². The molecule has 0 spiro atoms. The SMILES string of the molecule is COc1ccc(CC(=O)N2CCN(c3cccc(C)c3)CC2)cc1F. The van der Waals surface area contributed by atoms with Crippen molar-refractivity contribution in [1.29, 1.82) is 0 Å². The summed E-state index contributed by atoms with van der Waals surface area (Å²) in [4.78, 5) is 16.6. The highest BCUT2D eigenvalue weighted by Crippen LogP contribution is 2.20. The fourth-order valence-corrected chi connectivity index (χ4v) is 3.14. The Labute approximate surface area is 147 Å². The lowest BCUT2D eigenvalue weighted by Crippen LogP contribution is -2.49. The van der Waals surface area contributed by atoms with Gasteiger partial charge in [-0.2, -0.15) is 0 Å². The summed E-state index contributed by atoms with van der Waals surface area (Å²) in [6, 6.07) is 13.1. The molecule has 1 amide bonds. The zero-order valence-electron chi connectivity index (χ0n) is 14.7. The van der Waals surface area contributed by atoms with Crippen molar-refractivity contribution >= 4 is 11.6 Å². The van der Waals surface area contributed by atoms with E-state index in [1.165, 1.54) is 24.4 Å². The highest BCUT2D eigenvalue weighted by molar-refractivity contribution is 5.79. The maximum atomic E-state index is 13.8. The van der Waals surface area contributed by atoms with Crippen molar-refractivity contribution < 1.29 is 13.9 Å². The number of rotatable bonds is 4. The molecule has 25 heavy (non-hydrogen) atoms. The van der Waals surface area contributed by atoms with Crippen molar-refractivity contribution in [2.24, 2.45) is 0 Å². The van der Waals surface area contributed by atoms with Gasteiger partial charge in [0.15, 0.2) is 11.6 Å². The Morgan fingerprint density at radius 2 is 1.88 bits per heavy atom. The maximum Gasteiger partial charge on any atom is 0.227 e. The van der Waals surface area contributed by atoms with Crippen LogP contribution in [0.25, 0.3) is 0 Å². The van der Waals surface area contributed by atoms with Crippen molar-refractivity contribution in [3.63, 3.8) is 0 Å². The van der Waals surface area contributed by atoms with Gasteiger partial charge in [0, 0.05) is 31.9 Å². The monoisotopic (exact) mass is 342 g/mol. The summed E-state index contributed by atoms with van der Waals surface area (Å²) in [7, 11) is 1.43. The van der Waals surface area contributed by atoms with Crippen molar-refractivity contribution in [3.05, 3.63) is 59.4 Å². The van der Waals surface area contributed by atoms with Crippen molar-refractivity contribution in [2.75, 3.05) is 38.2 Å². The Morgan fingerprint density at radius 3 is 2.52 bits per heavy atom. The van der Waals surface area contributed by atoms with Crippen LogP contribution in [0.3, 0.4) is 0 Å². The first-order valence-corrected chi connectivity index (χ1v) is 8.48. The Morgan fingerprint density at radius 1 is 1.12 bits per heavy atom. The van der Waals surface area contributed by atoms with Crippen LogP contribution < -0.4 is 9.64 Å². The quantitative estimate of drug-likeness (QED) is 0.856. The van der Waals surface area contributed by atoms with E-state index in [0.717, 1.165) is 13.1 Å². The Bertz CT molecular complexity index is 755. The van der Waals surface area contributed by atoms with E-state index in [-0.39, 0.29) is 18.1 Å². The predicted octanol–water partition coefficient (Wildman–Crippen LogP) is 3.03. The van der Waals surface area contributed by atoms with Gasteiger partial charge in [-0.1, -0.05) is 18.2 Å². The van der Waals surface area contributed by atoms with Gasteiger partial charge in [-0.3, -0.25) is 4.79 Å². The van der Waals surface area contributed by atoms with Gasteiger partial charge in [-0.15, -0.1) is 0 Å². The van der Waals surface area contributed by atoms with Crippen LogP contribution in [0.5, 0.6) is 5.75 Å². The molecule has 0 bridgehead atoms. The van der Waals surface area contributed by atoms with E-state index in [0.29, 0.717) is 18.7 Å². The van der Waals surface area contributed by atoms with E-state index >= 15 is 0 Å². The van der Waals surface area contributed by atoms with Gasteiger partial charge in [0.25, 0.3) is 0 Å². The molecule has 1 aliphatic rings. The molecule has 0 saturated carbocycles. The number of hydrogen-bond acceptors (Lipinski definition) is 3. The third kappa shape index (κ3) is 4.10. The third-order valence-electron chi connectivity index (χ3n) is 4.57. The van der Waals surface area contributed by atoms with E-state index in [9.17, 15) is 9.18 Å². The molecule has 2 aromatic rings. The lowest BCUT2D eigenvalue weighted by Gasteiger charge is -2.36. The number of ether oxygens (including phenoxy) is 1. The molecule has 0 atom stereocenters. The number of halogens is 1. The molecular formula is C20H23FN2O2. The third-order valence-corrected chi connectivity index (χ3v) is 4.57. The van der Waals surface area contributed by atoms with Gasteiger partial charge in [-0.05, 0) is 42.3 Å². The van der Waals surface area contributed by atoms with E-state index in [1.54, 1.807) is 12.1 Å². The van der Waals surface area contributed by atoms with Gasteiger partial charge in [-0.25, -0.2) is 4.39 Å². The average molecular weight is 342 g/mol. The lowest BCUT2D eigenvalue weighted by molar-refractivity contribution is -0.130. The summed E-state index contributed by atoms with van der Waals surface area (Å²) in [5.74, 6) is -0.200. The summed E-state index contributed by atoms with van der Waals surface area (Å²) in [6.07, 6.45) is 0.214. The number of hydrogen-bond donors (Lipinski definition) is 0. The molecule has 1 heterocycles. The predicted molar refractivity (Wildman–Crippen MR) is 96.6 cm³/mol. The fraction of sp³-hybridized carbons (Fsp3) is 0.350. The number of piperazine rings is 1. The van der Waals surface area contributed by atoms with Crippen LogP contribution in [0.1, 0.15) is 11.1 Å². The average Bonchev–Trinajstić information content (AvgIpc) is 2.62. The van der Waals surface area contributed by atoms with Crippen LogP contribution in [0.15, 0.2) is 42.5 Å². The van der Waals surface area contributed by atoms with Gasteiger partial charge in [0.05, 0.1) is 13.5 Å². The number of amides is 1. The highest BCUT2D eigenvalue weighted by atomic mass is 19.1. The Kier molecular flexibility index (Phi) is 5.22. The van der Waals surface area contributed by atoms with E-state index < -0.39 is 5.82 Å². The second-order valence-corrected chi connectivity index (χ2v) is 6.35. The second kappa shape index (κ2) is 7.55. The number of methoxy groups -OCH3 is 1. The number of carbonyl (C=O) groups is 1. The second-order valence-electron chi connectivity index (χ2n) is 6.35. The first-order chi connectivity index (χ1) is 12.1. The molecule has 3 rings (SSSR count). The summed E-state index contributed by atoms with van der Waals surface area (Å²) in [6.45, 7) is 5.08. The molecule has 4 nitrogen and oxygen atoms in total. The summed E-state index contributed by atoms with van der Waals surface area (Å²) >= 11 is 0. The summed E-state index contributed by atoms with van der Waals surface area (Å²) in [5, 5.41) is 0. The standard InChI is InChI=1S/C20H23FN2O2/c1-15-4-3-5-17(12-15)22-8-10-23(11-9-22)20(24)14-16-6-7-19(25-2)18(21)13-16/h3-7,12-13H,8-11,14H2,1-2H3. The molecule has 0 radical (unpaired) electrons. The number of nitrogens with zero attached hydrogens (tertiary/aromatic N) is 2. The Balaban J connectivity index is 1.57. The summed E-state index contributed by atoms with van der Waals surface area (Å²) in [5.41, 5.74) is 3.10. The number of aryl methyl sites for hydroxylation is 1. The molecule has 132 valence electrons. The smallest absolute Gasteiger partial charge is 0.227 e. The number of benzene rings is 2. The van der Waals surface area contributed by atoms with Crippen LogP contribution in [0.2, 0.25) is 0 Å². The van der Waals surface area contributed by atoms with Gasteiger partial charge in [0.1, 0.15) is 0 Å². The molecule has 1 aliphatic heterocycles. The molecule has 5 heteroatoms. The van der Waals surface area contributed by atoms with Crippen LogP contribution in [-0.4, -0.2) is 44.1 Å². The minimum atomic E-state index is -0.433. The van der Waals surface area contributed by atoms with Crippen molar-refractivity contribution in [2.45, 2.75) is 13.3 Å². The van der Waals surface area contributed by atoms with E-state index in [4.69, 9.17) is 4.74 Å². The first kappa shape index (κ1) is 17.3. The normalized spacial score (nSPS) is 14.5. The summed E-state index contributed by atoms with van der Waals surface area (Å²) < 4.78 is 18.7. The fourth-order valence-electron chi connectivity index (χ4n) is 3.14. The zero-order chi connectivity index (χ0) is 17.8. The van der Waals surface area contributed by atoms with Crippen LogP contribution in [0.4, 0.5) is 10.1 Å². The van der Waals surface area contributed by atoms with Crippen molar-refractivity contribution in [3.8, 4) is 5.75 Å². The minimum Gasteiger partial charge on any atom is -0.494 e. The van der Waals surface area contributed by atoms with Crippen LogP contribution >= 0.6 is 0 Å². The maximum absolute atomic E-state index is 13.8. The molecular weight excluding hydrogens is 319 g/mol. The van der Waals surface area contributed by atoms with Gasteiger partial charge < -0.3 is 14.5 Å². The topological polar surface area (TPSA) is 32.8 Å². The molecule has 0 N–H and O–H groups in total. The van der Waals surface area contributed by atoms with Crippen molar-refractivity contribution in [1.82, 2.24) is 4.90 Å². The lowest BCUT2D eigenvalue weighted by atomic mass is 10.1. The van der Waals surface area contributed by atoms with Crippen LogP contribution in [0, 0.1) is 12.7 Å². The molecule has 1 fully saturated rings. The molecule has 0 unspecified atom stereocenters. The van der Waals surface area contributed by atoms with E-state index in [1.807, 2.05) is 4.90 Å². The largest absolute Gasteiger partial charge is 0.494 e. The molecule has 1 saturated heterocycles.